The average molecular weight is 351 g/mol. The molecule has 0 N–H and O–H groups in total. The molecule has 26 heavy (non-hydrogen) atoms. The molecular formula is C20H25N5O. The molecule has 136 valence electrons. The molecule has 0 saturated carbocycles. The fraction of sp³-hybridized carbons (Fsp3) is 0.500. The Morgan fingerprint density at radius 3 is 2.88 bits per heavy atom. The normalized spacial score (nSPS) is 23.0. The largest absolute Gasteiger partial charge is 0.340 e. The third-order valence-corrected chi connectivity index (χ3v) is 5.54. The molecule has 4 heterocycles. The molecule has 0 radical (unpaired) electrons. The molecule has 4 rings (SSSR count). The molecule has 1 amide bonds. The number of pyridine rings is 1. The molecule has 6 nitrogen and oxygen atoms in total. The van der Waals surface area contributed by atoms with E-state index in [-0.39, 0.29) is 0 Å². The first-order chi connectivity index (χ1) is 12.7. The van der Waals surface area contributed by atoms with Crippen molar-refractivity contribution in [1.82, 2.24) is 19.9 Å². The number of likely N-dealkylation sites (tertiary alicyclic amines) is 1. The number of anilines is 1. The van der Waals surface area contributed by atoms with Crippen LogP contribution in [0.2, 0.25) is 0 Å². The molecule has 2 aromatic heterocycles. The molecule has 2 atom stereocenters. The van der Waals surface area contributed by atoms with Gasteiger partial charge < -0.3 is 9.80 Å². The van der Waals surface area contributed by atoms with Gasteiger partial charge in [-0.15, -0.1) is 0 Å². The van der Waals surface area contributed by atoms with Crippen LogP contribution in [0.4, 0.5) is 5.95 Å². The molecule has 0 bridgehead atoms. The van der Waals surface area contributed by atoms with Crippen molar-refractivity contribution in [2.75, 3.05) is 24.5 Å². The molecule has 2 aliphatic heterocycles. The van der Waals surface area contributed by atoms with Crippen molar-refractivity contribution >= 4 is 11.9 Å². The molecular weight excluding hydrogens is 326 g/mol. The first-order valence-electron chi connectivity index (χ1n) is 9.44. The highest BCUT2D eigenvalue weighted by Crippen LogP contribution is 2.32. The molecule has 2 aliphatic rings. The number of nitrogens with zero attached hydrogens (tertiary/aromatic N) is 5. The Morgan fingerprint density at radius 2 is 2.08 bits per heavy atom. The van der Waals surface area contributed by atoms with Crippen molar-refractivity contribution in [2.45, 2.75) is 38.6 Å². The van der Waals surface area contributed by atoms with Crippen LogP contribution in [0.3, 0.4) is 0 Å². The topological polar surface area (TPSA) is 62.2 Å². The maximum Gasteiger partial charge on any atom is 0.225 e. The van der Waals surface area contributed by atoms with Crippen LogP contribution >= 0.6 is 0 Å². The highest BCUT2D eigenvalue weighted by atomic mass is 16.2. The van der Waals surface area contributed by atoms with Crippen molar-refractivity contribution in [2.24, 2.45) is 5.92 Å². The van der Waals surface area contributed by atoms with Gasteiger partial charge in [0.2, 0.25) is 11.9 Å². The van der Waals surface area contributed by atoms with Crippen LogP contribution in [0.15, 0.2) is 36.7 Å². The third kappa shape index (κ3) is 3.54. The lowest BCUT2D eigenvalue weighted by molar-refractivity contribution is -0.139. The van der Waals surface area contributed by atoms with Crippen molar-refractivity contribution in [1.29, 1.82) is 0 Å². The molecule has 0 aromatic carbocycles. The van der Waals surface area contributed by atoms with E-state index in [2.05, 4.69) is 24.8 Å². The van der Waals surface area contributed by atoms with Crippen molar-refractivity contribution in [3.8, 4) is 0 Å². The van der Waals surface area contributed by atoms with Gasteiger partial charge >= 0.3 is 0 Å². The summed E-state index contributed by atoms with van der Waals surface area (Å²) in [6, 6.07) is 8.22. The third-order valence-electron chi connectivity index (χ3n) is 5.54. The van der Waals surface area contributed by atoms with Gasteiger partial charge in [-0.3, -0.25) is 9.78 Å². The summed E-state index contributed by atoms with van der Waals surface area (Å²) >= 11 is 0. The average Bonchev–Trinajstić information content (AvgIpc) is 2.68. The second-order valence-corrected chi connectivity index (χ2v) is 7.26. The molecule has 0 unspecified atom stereocenters. The van der Waals surface area contributed by atoms with Gasteiger partial charge in [-0.05, 0) is 43.9 Å². The summed E-state index contributed by atoms with van der Waals surface area (Å²) in [5.41, 5.74) is 2.04. The van der Waals surface area contributed by atoms with E-state index in [1.807, 2.05) is 43.6 Å². The van der Waals surface area contributed by atoms with Crippen molar-refractivity contribution < 1.29 is 4.79 Å². The van der Waals surface area contributed by atoms with E-state index in [0.717, 1.165) is 56.2 Å². The number of hydrogen-bond donors (Lipinski definition) is 0. The van der Waals surface area contributed by atoms with Crippen LogP contribution in [0.5, 0.6) is 0 Å². The SMILES string of the molecule is Cc1ccnc(N2CC[C@@H]3[C@@H](CCC(=O)N3CCc3ccccn3)C2)n1. The van der Waals surface area contributed by atoms with E-state index in [9.17, 15) is 4.79 Å². The highest BCUT2D eigenvalue weighted by molar-refractivity contribution is 5.77. The van der Waals surface area contributed by atoms with Crippen molar-refractivity contribution in [3.05, 3.63) is 48.0 Å². The lowest BCUT2D eigenvalue weighted by Gasteiger charge is -2.47. The number of aromatic nitrogens is 3. The quantitative estimate of drug-likeness (QED) is 0.845. The summed E-state index contributed by atoms with van der Waals surface area (Å²) in [5, 5.41) is 0. The molecule has 0 aliphatic carbocycles. The number of piperidine rings is 2. The number of carbonyl (C=O) groups excluding carboxylic acids is 1. The van der Waals surface area contributed by atoms with Crippen LogP contribution in [0.1, 0.15) is 30.7 Å². The van der Waals surface area contributed by atoms with E-state index < -0.39 is 0 Å². The monoisotopic (exact) mass is 351 g/mol. The molecule has 2 fully saturated rings. The smallest absolute Gasteiger partial charge is 0.225 e. The predicted octanol–water partition coefficient (Wildman–Crippen LogP) is 2.24. The summed E-state index contributed by atoms with van der Waals surface area (Å²) in [6.45, 7) is 4.59. The van der Waals surface area contributed by atoms with Gasteiger partial charge in [0.25, 0.3) is 0 Å². The molecule has 2 saturated heterocycles. The standard InChI is InChI=1S/C20H25N5O/c1-15-7-11-22-20(23-15)24-12-9-18-16(14-24)5-6-19(26)25(18)13-8-17-4-2-3-10-21-17/h2-4,7,10-11,16,18H,5-6,8-9,12-14H2,1H3/t16-,18+/m0/s1. The molecule has 2 aromatic rings. The van der Waals surface area contributed by atoms with Gasteiger partial charge in [-0.25, -0.2) is 9.97 Å². The second kappa shape index (κ2) is 7.40. The predicted molar refractivity (Wildman–Crippen MR) is 99.8 cm³/mol. The maximum absolute atomic E-state index is 12.5. The minimum absolute atomic E-state index is 0.294. The number of fused-ring (bicyclic) bond motifs is 1. The van der Waals surface area contributed by atoms with E-state index in [1.165, 1.54) is 0 Å². The molecule has 0 spiro atoms. The Balaban J connectivity index is 1.43. The van der Waals surface area contributed by atoms with Gasteiger partial charge in [0, 0.05) is 62.3 Å². The summed E-state index contributed by atoms with van der Waals surface area (Å²) in [7, 11) is 0. The minimum atomic E-state index is 0.294. The minimum Gasteiger partial charge on any atom is -0.340 e. The Bertz CT molecular complexity index is 766. The highest BCUT2D eigenvalue weighted by Gasteiger charge is 2.39. The van der Waals surface area contributed by atoms with Crippen LogP contribution < -0.4 is 4.90 Å². The number of carbonyl (C=O) groups is 1. The van der Waals surface area contributed by atoms with Crippen LogP contribution in [-0.2, 0) is 11.2 Å². The van der Waals surface area contributed by atoms with Gasteiger partial charge in [0.15, 0.2) is 0 Å². The Hall–Kier alpha value is -2.50. The fourth-order valence-electron chi connectivity index (χ4n) is 4.19. The number of rotatable bonds is 4. The summed E-state index contributed by atoms with van der Waals surface area (Å²) in [4.78, 5) is 30.3. The lowest BCUT2D eigenvalue weighted by atomic mass is 9.83. The van der Waals surface area contributed by atoms with E-state index in [4.69, 9.17) is 0 Å². The second-order valence-electron chi connectivity index (χ2n) is 7.26. The fourth-order valence-corrected chi connectivity index (χ4v) is 4.19. The van der Waals surface area contributed by atoms with E-state index >= 15 is 0 Å². The first-order valence-corrected chi connectivity index (χ1v) is 9.44. The Kier molecular flexibility index (Phi) is 4.82. The lowest BCUT2D eigenvalue weighted by Crippen LogP contribution is -2.56. The summed E-state index contributed by atoms with van der Waals surface area (Å²) in [5.74, 6) is 1.61. The van der Waals surface area contributed by atoms with Crippen LogP contribution in [0.25, 0.3) is 0 Å². The van der Waals surface area contributed by atoms with Crippen LogP contribution in [-0.4, -0.2) is 51.4 Å². The van der Waals surface area contributed by atoms with Gasteiger partial charge in [0.1, 0.15) is 0 Å². The summed E-state index contributed by atoms with van der Waals surface area (Å²) in [6.07, 6.45) is 7.05. The van der Waals surface area contributed by atoms with Crippen LogP contribution in [0, 0.1) is 12.8 Å². The summed E-state index contributed by atoms with van der Waals surface area (Å²) < 4.78 is 0. The van der Waals surface area contributed by atoms with Gasteiger partial charge in [-0.1, -0.05) is 6.07 Å². The van der Waals surface area contributed by atoms with Gasteiger partial charge in [0.05, 0.1) is 0 Å². The van der Waals surface area contributed by atoms with Crippen molar-refractivity contribution in [3.63, 3.8) is 0 Å². The Labute approximate surface area is 154 Å². The number of amides is 1. The molecule has 6 heteroatoms. The van der Waals surface area contributed by atoms with E-state index in [0.29, 0.717) is 24.3 Å². The number of aryl methyl sites for hydroxylation is 1. The zero-order chi connectivity index (χ0) is 17.9. The first kappa shape index (κ1) is 16.9. The number of hydrogen-bond acceptors (Lipinski definition) is 5. The van der Waals surface area contributed by atoms with E-state index in [1.54, 1.807) is 0 Å². The van der Waals surface area contributed by atoms with Gasteiger partial charge in [-0.2, -0.15) is 0 Å². The maximum atomic E-state index is 12.5. The Morgan fingerprint density at radius 1 is 1.15 bits per heavy atom. The zero-order valence-corrected chi connectivity index (χ0v) is 15.2. The zero-order valence-electron chi connectivity index (χ0n) is 15.2.